The van der Waals surface area contributed by atoms with E-state index in [0.29, 0.717) is 26.1 Å². The Labute approximate surface area is 277 Å². The van der Waals surface area contributed by atoms with Crippen molar-refractivity contribution in [3.05, 3.63) is 75.1 Å². The molecular formula is C33H48FeO9Si+. The molecule has 1 aromatic rings. The molecule has 11 heteroatoms. The summed E-state index contributed by atoms with van der Waals surface area (Å²) in [6.07, 6.45) is 9.62. The summed E-state index contributed by atoms with van der Waals surface area (Å²) >= 11 is 0. The molecule has 0 aromatic heterocycles. The Morgan fingerprint density at radius 1 is 0.977 bits per heavy atom. The third-order valence-electron chi connectivity index (χ3n) is 6.72. The molecule has 0 saturated carbocycles. The van der Waals surface area contributed by atoms with Crippen molar-refractivity contribution in [1.82, 2.24) is 0 Å². The van der Waals surface area contributed by atoms with Gasteiger partial charge in [-0.15, -0.1) is 0 Å². The van der Waals surface area contributed by atoms with Gasteiger partial charge in [0.25, 0.3) is 0 Å². The monoisotopic (exact) mass is 672 g/mol. The van der Waals surface area contributed by atoms with E-state index in [1.807, 2.05) is 49.6 Å². The molecule has 44 heavy (non-hydrogen) atoms. The van der Waals surface area contributed by atoms with Crippen molar-refractivity contribution < 1.29 is 59.3 Å². The van der Waals surface area contributed by atoms with Gasteiger partial charge < -0.3 is 23.4 Å². The first-order chi connectivity index (χ1) is 20.5. The number of carbonyl (C=O) groups is 1. The van der Waals surface area contributed by atoms with Crippen LogP contribution < -0.4 is 0 Å². The molecule has 1 aromatic carbocycles. The third kappa shape index (κ3) is 25.4. The Balaban J connectivity index is -0.00000107. The van der Waals surface area contributed by atoms with Gasteiger partial charge in [0.1, 0.15) is 6.10 Å². The fourth-order valence-electron chi connectivity index (χ4n) is 3.60. The van der Waals surface area contributed by atoms with E-state index in [4.69, 9.17) is 32.6 Å². The summed E-state index contributed by atoms with van der Waals surface area (Å²) in [7, 11) is -2.07. The Morgan fingerprint density at radius 3 is 2.05 bits per heavy atom. The number of hydrogen-bond donors (Lipinski definition) is 0. The van der Waals surface area contributed by atoms with Crippen LogP contribution in [0, 0.1) is 39.2 Å². The maximum atomic E-state index is 11.9. The van der Waals surface area contributed by atoms with Crippen molar-refractivity contribution in [2.75, 3.05) is 6.61 Å². The molecule has 0 aliphatic heterocycles. The fourth-order valence-corrected chi connectivity index (χ4v) is 5.00. The number of hydrogen-bond acceptors (Lipinski definition) is 6. The van der Waals surface area contributed by atoms with Gasteiger partial charge in [0, 0.05) is 32.8 Å². The van der Waals surface area contributed by atoms with Crippen molar-refractivity contribution in [2.45, 2.75) is 116 Å². The molecule has 0 bridgehead atoms. The summed E-state index contributed by atoms with van der Waals surface area (Å²) in [5.41, 5.74) is 1.13. The summed E-state index contributed by atoms with van der Waals surface area (Å²) in [5, 5.41) is 0.0467. The van der Waals surface area contributed by atoms with Gasteiger partial charge in [-0.3, -0.25) is 4.79 Å². The Bertz CT molecular complexity index is 868. The van der Waals surface area contributed by atoms with Gasteiger partial charge in [-0.25, -0.2) is 0 Å². The van der Waals surface area contributed by atoms with E-state index in [-0.39, 0.29) is 40.3 Å². The molecule has 3 radical (unpaired) electrons. The Morgan fingerprint density at radius 2 is 1.55 bits per heavy atom. The zero-order chi connectivity index (χ0) is 33.7. The minimum atomic E-state index is -2.07. The van der Waals surface area contributed by atoms with Crippen LogP contribution in [0.2, 0.25) is 18.1 Å². The van der Waals surface area contributed by atoms with Gasteiger partial charge in [-0.05, 0) is 49.4 Å². The Hall–Kier alpha value is -1.96. The van der Waals surface area contributed by atoms with Crippen LogP contribution in [0.15, 0.2) is 30.3 Å². The molecule has 245 valence electrons. The van der Waals surface area contributed by atoms with Crippen molar-refractivity contribution in [1.29, 1.82) is 0 Å². The van der Waals surface area contributed by atoms with Crippen LogP contribution in [0.3, 0.4) is 0 Å². The fraction of sp³-hybridized carbons (Fsp3) is 0.576. The Kier molecular flexibility index (Phi) is 34.5. The first-order valence-electron chi connectivity index (χ1n) is 14.1. The number of unbranched alkanes of at least 4 members (excludes halogenated alkanes) is 2. The predicted octanol–water partition coefficient (Wildman–Crippen LogP) is 6.84. The van der Waals surface area contributed by atoms with Crippen LogP contribution in [0.25, 0.3) is 0 Å². The summed E-state index contributed by atoms with van der Waals surface area (Å²) in [6.45, 7) is 30.8. The molecule has 0 N–H and O–H groups in total. The van der Waals surface area contributed by atoms with E-state index in [1.54, 1.807) is 6.47 Å². The van der Waals surface area contributed by atoms with Crippen molar-refractivity contribution >= 4 is 20.8 Å². The van der Waals surface area contributed by atoms with Gasteiger partial charge >= 0.3 is 56.9 Å². The molecule has 1 rings (SSSR count). The summed E-state index contributed by atoms with van der Waals surface area (Å²) in [6, 6.07) is 10.1. The molecule has 0 spiro atoms. The van der Waals surface area contributed by atoms with E-state index in [0.717, 1.165) is 31.2 Å². The molecular weight excluding hydrogens is 624 g/mol. The summed E-state index contributed by atoms with van der Waals surface area (Å²) < 4.78 is 45.9. The van der Waals surface area contributed by atoms with Crippen LogP contribution in [0.1, 0.15) is 78.7 Å². The smallest absolute Gasteiger partial charge is 2.00 e. The van der Waals surface area contributed by atoms with E-state index in [9.17, 15) is 9.59 Å². The van der Waals surface area contributed by atoms with Gasteiger partial charge in [0.05, 0.1) is 18.8 Å². The quantitative estimate of drug-likeness (QED) is 0.0491. The standard InChI is InChI=1S/C30H48O6Si.3CO.Fe/c1-8-9-11-17-27(34-24-31)18-14-19-28(35-25(2)32)22-29(36-37(6,7)30(3,4)5)20-21-33-23-26-15-12-10-13-16-26;3*1-2;/h10,12-16,18-19,27-29H,8-9,11,17,20-23H2,1-7H3;;;;/q-1;;;;+2/t27-,28-,29+;;;;/m1..../s1. The van der Waals surface area contributed by atoms with Crippen LogP contribution in [0.5, 0.6) is 0 Å². The molecule has 0 amide bonds. The molecule has 0 aliphatic carbocycles. The second-order valence-electron chi connectivity index (χ2n) is 11.0. The van der Waals surface area contributed by atoms with Gasteiger partial charge in [0.2, 0.25) is 0 Å². The molecule has 0 fully saturated rings. The van der Waals surface area contributed by atoms with Crippen LogP contribution in [0.4, 0.5) is 0 Å². The second kappa shape index (κ2) is 31.0. The van der Waals surface area contributed by atoms with E-state index >= 15 is 0 Å². The zero-order valence-corrected chi connectivity index (χ0v) is 29.1. The maximum Gasteiger partial charge on any atom is 2.00 e. The van der Waals surface area contributed by atoms with E-state index < -0.39 is 14.4 Å². The van der Waals surface area contributed by atoms with Crippen molar-refractivity contribution in [3.63, 3.8) is 0 Å². The molecule has 0 aliphatic rings. The van der Waals surface area contributed by atoms with Crippen LogP contribution in [-0.4, -0.2) is 45.7 Å². The van der Waals surface area contributed by atoms with Crippen LogP contribution >= 0.6 is 0 Å². The number of ether oxygens (including phenoxy) is 3. The molecule has 0 saturated heterocycles. The first kappa shape index (κ1) is 48.9. The predicted molar refractivity (Wildman–Crippen MR) is 162 cm³/mol. The molecule has 0 unspecified atom stereocenters. The number of esters is 1. The zero-order valence-electron chi connectivity index (χ0n) is 27.0. The minimum Gasteiger partial charge on any atom is 2.00 e. The summed E-state index contributed by atoms with van der Waals surface area (Å²) in [4.78, 5) is 22.7. The third-order valence-corrected chi connectivity index (χ3v) is 11.3. The normalized spacial score (nSPS) is 12.4. The molecule has 9 nitrogen and oxygen atoms in total. The molecule has 3 atom stereocenters. The van der Waals surface area contributed by atoms with Gasteiger partial charge in [0.15, 0.2) is 8.32 Å². The van der Waals surface area contributed by atoms with Gasteiger partial charge in [-0.2, -0.15) is 0 Å². The minimum absolute atomic E-state index is 0. The number of rotatable bonds is 20. The molecule has 0 heterocycles. The first-order valence-corrected chi connectivity index (χ1v) is 17.0. The number of benzene rings is 1. The SMILES string of the molecule is CCCCC[C@H]([CH][CH][CH][C@H](C[C@H](CCOCc1ccccc1)O[Si](C)(C)C(C)(C)C)OC(C)=O)O[C-]=O.[C-]#[O+].[C-]#[O+].[C-]#[O+].[Fe+2]. The maximum absolute atomic E-state index is 11.9. The van der Waals surface area contributed by atoms with E-state index in [2.05, 4.69) is 60.7 Å². The average molecular weight is 673 g/mol. The average Bonchev–Trinajstić information content (AvgIpc) is 2.98. The largest absolute Gasteiger partial charge is 2.00 e. The number of carbonyl (C=O) groups excluding carboxylic acids is 2. The summed E-state index contributed by atoms with van der Waals surface area (Å²) in [5.74, 6) is -0.349. The van der Waals surface area contributed by atoms with Gasteiger partial charge in [-0.1, -0.05) is 77.3 Å². The second-order valence-corrected chi connectivity index (χ2v) is 15.8. The topological polar surface area (TPSA) is 131 Å². The van der Waals surface area contributed by atoms with Crippen LogP contribution in [-0.2, 0) is 65.9 Å². The van der Waals surface area contributed by atoms with E-state index in [1.165, 1.54) is 6.92 Å². The van der Waals surface area contributed by atoms with Crippen molar-refractivity contribution in [2.24, 2.45) is 0 Å². The van der Waals surface area contributed by atoms with Crippen molar-refractivity contribution in [3.8, 4) is 0 Å².